The number of hydrogen-bond donors (Lipinski definition) is 1. The van der Waals surface area contributed by atoms with Gasteiger partial charge < -0.3 is 10.0 Å². The maximum atomic E-state index is 12.4. The Morgan fingerprint density at radius 2 is 1.80 bits per heavy atom. The molecule has 0 spiro atoms. The monoisotopic (exact) mass is 338 g/mol. The van der Waals surface area contributed by atoms with Crippen molar-refractivity contribution >= 4 is 23.1 Å². The van der Waals surface area contributed by atoms with E-state index in [1.807, 2.05) is 0 Å². The van der Waals surface area contributed by atoms with E-state index in [1.54, 1.807) is 36.4 Å². The number of likely N-dealkylation sites (tertiary alicyclic amines) is 1. The highest BCUT2D eigenvalue weighted by Gasteiger charge is 2.44. The van der Waals surface area contributed by atoms with Crippen LogP contribution in [0.3, 0.4) is 0 Å². The van der Waals surface area contributed by atoms with Crippen LogP contribution >= 0.6 is 0 Å². The number of ketones is 1. The first-order chi connectivity index (χ1) is 11.9. The lowest BCUT2D eigenvalue weighted by Crippen LogP contribution is -2.24. The van der Waals surface area contributed by atoms with Crippen molar-refractivity contribution in [2.24, 2.45) is 0 Å². The summed E-state index contributed by atoms with van der Waals surface area (Å²) in [6.45, 7) is 0. The lowest BCUT2D eigenvalue weighted by atomic mass is 9.95. The minimum Gasteiger partial charge on any atom is -0.507 e. The lowest BCUT2D eigenvalue weighted by molar-refractivity contribution is -0.384. The standard InChI is InChI=1S/C18H14N2O5/c1-19-15(12-8-5-9-13(10-12)20(24)25)14(17(22)18(19)23)16(21)11-6-3-2-4-7-11/h2-10,15,21H,1H3/b16-14+/t15-/m1/s1. The molecule has 1 N–H and O–H groups in total. The van der Waals surface area contributed by atoms with Gasteiger partial charge in [-0.1, -0.05) is 42.5 Å². The van der Waals surface area contributed by atoms with Crippen molar-refractivity contribution in [2.75, 3.05) is 7.05 Å². The van der Waals surface area contributed by atoms with E-state index in [0.29, 0.717) is 11.1 Å². The number of carbonyl (C=O) groups excluding carboxylic acids is 2. The van der Waals surface area contributed by atoms with Gasteiger partial charge in [0.1, 0.15) is 5.76 Å². The Labute approximate surface area is 143 Å². The number of rotatable bonds is 3. The maximum Gasteiger partial charge on any atom is 0.295 e. The molecule has 7 nitrogen and oxygen atoms in total. The molecule has 1 amide bonds. The van der Waals surface area contributed by atoms with Crippen LogP contribution in [-0.4, -0.2) is 33.7 Å². The van der Waals surface area contributed by atoms with Crippen LogP contribution in [0.1, 0.15) is 17.2 Å². The zero-order valence-electron chi connectivity index (χ0n) is 13.2. The number of likely N-dealkylation sites (N-methyl/N-ethyl adjacent to an activating group) is 1. The van der Waals surface area contributed by atoms with Gasteiger partial charge in [0.05, 0.1) is 16.5 Å². The molecule has 2 aromatic carbocycles. The van der Waals surface area contributed by atoms with Crippen LogP contribution in [0.4, 0.5) is 5.69 Å². The number of nitrogens with zero attached hydrogens (tertiary/aromatic N) is 2. The number of aliphatic hydroxyl groups excluding tert-OH is 1. The molecule has 1 fully saturated rings. The zero-order valence-corrected chi connectivity index (χ0v) is 13.2. The molecule has 0 aliphatic carbocycles. The van der Waals surface area contributed by atoms with Gasteiger partial charge in [-0.3, -0.25) is 19.7 Å². The fourth-order valence-electron chi connectivity index (χ4n) is 2.90. The molecule has 0 bridgehead atoms. The molecule has 3 rings (SSSR count). The fraction of sp³-hybridized carbons (Fsp3) is 0.111. The maximum absolute atomic E-state index is 12.4. The molecule has 1 aliphatic heterocycles. The van der Waals surface area contributed by atoms with E-state index in [2.05, 4.69) is 0 Å². The normalized spacial score (nSPS) is 19.2. The van der Waals surface area contributed by atoms with E-state index >= 15 is 0 Å². The summed E-state index contributed by atoms with van der Waals surface area (Å²) < 4.78 is 0. The van der Waals surface area contributed by atoms with Gasteiger partial charge in [0.2, 0.25) is 0 Å². The second kappa shape index (κ2) is 6.20. The zero-order chi connectivity index (χ0) is 18.1. The van der Waals surface area contributed by atoms with Crippen LogP contribution in [-0.2, 0) is 9.59 Å². The number of amides is 1. The molecule has 25 heavy (non-hydrogen) atoms. The Morgan fingerprint density at radius 1 is 1.12 bits per heavy atom. The summed E-state index contributed by atoms with van der Waals surface area (Å²) in [6.07, 6.45) is 0. The van der Waals surface area contributed by atoms with Gasteiger partial charge in [-0.05, 0) is 5.56 Å². The number of benzene rings is 2. The highest BCUT2D eigenvalue weighted by Crippen LogP contribution is 2.39. The summed E-state index contributed by atoms with van der Waals surface area (Å²) in [5, 5.41) is 21.6. The van der Waals surface area contributed by atoms with Crippen LogP contribution in [0.25, 0.3) is 5.76 Å². The highest BCUT2D eigenvalue weighted by atomic mass is 16.6. The van der Waals surface area contributed by atoms with Gasteiger partial charge in [0.25, 0.3) is 17.4 Å². The topological polar surface area (TPSA) is 101 Å². The number of hydrogen-bond acceptors (Lipinski definition) is 5. The van der Waals surface area contributed by atoms with Crippen molar-refractivity contribution in [3.8, 4) is 0 Å². The second-order valence-corrected chi connectivity index (χ2v) is 5.63. The highest BCUT2D eigenvalue weighted by molar-refractivity contribution is 6.46. The Balaban J connectivity index is 2.19. The Hall–Kier alpha value is -3.48. The van der Waals surface area contributed by atoms with Crippen molar-refractivity contribution in [1.29, 1.82) is 0 Å². The molecule has 0 unspecified atom stereocenters. The minimum absolute atomic E-state index is 0.0841. The second-order valence-electron chi connectivity index (χ2n) is 5.63. The van der Waals surface area contributed by atoms with Crippen molar-refractivity contribution in [3.63, 3.8) is 0 Å². The fourth-order valence-corrected chi connectivity index (χ4v) is 2.90. The number of carbonyl (C=O) groups is 2. The molecule has 0 aromatic heterocycles. The summed E-state index contributed by atoms with van der Waals surface area (Å²) in [7, 11) is 1.43. The third-order valence-electron chi connectivity index (χ3n) is 4.12. The van der Waals surface area contributed by atoms with Gasteiger partial charge in [-0.15, -0.1) is 0 Å². The first-order valence-electron chi connectivity index (χ1n) is 7.46. The third-order valence-corrected chi connectivity index (χ3v) is 4.12. The van der Waals surface area contributed by atoms with Gasteiger partial charge >= 0.3 is 0 Å². The predicted octanol–water partition coefficient (Wildman–Crippen LogP) is 2.65. The smallest absolute Gasteiger partial charge is 0.295 e. The number of non-ortho nitro benzene ring substituents is 1. The summed E-state index contributed by atoms with van der Waals surface area (Å²) in [4.78, 5) is 36.2. The van der Waals surface area contributed by atoms with Crippen molar-refractivity contribution < 1.29 is 19.6 Å². The number of nitro groups is 1. The predicted molar refractivity (Wildman–Crippen MR) is 89.6 cm³/mol. The Bertz CT molecular complexity index is 905. The summed E-state index contributed by atoms with van der Waals surface area (Å²) in [5.74, 6) is -1.89. The number of aliphatic hydroxyl groups is 1. The van der Waals surface area contributed by atoms with Crippen molar-refractivity contribution in [1.82, 2.24) is 4.90 Å². The van der Waals surface area contributed by atoms with E-state index in [1.165, 1.54) is 30.1 Å². The molecule has 1 saturated heterocycles. The van der Waals surface area contributed by atoms with E-state index < -0.39 is 22.7 Å². The largest absolute Gasteiger partial charge is 0.507 e. The summed E-state index contributed by atoms with van der Waals surface area (Å²) >= 11 is 0. The first-order valence-corrected chi connectivity index (χ1v) is 7.46. The minimum atomic E-state index is -0.889. The summed E-state index contributed by atoms with van der Waals surface area (Å²) in [5.41, 5.74) is 0.535. The molecular weight excluding hydrogens is 324 g/mol. The lowest BCUT2D eigenvalue weighted by Gasteiger charge is -2.20. The van der Waals surface area contributed by atoms with Crippen LogP contribution in [0.15, 0.2) is 60.2 Å². The van der Waals surface area contributed by atoms with Gasteiger partial charge in [0, 0.05) is 24.7 Å². The van der Waals surface area contributed by atoms with Crippen molar-refractivity contribution in [3.05, 3.63) is 81.4 Å². The molecule has 1 aliphatic rings. The van der Waals surface area contributed by atoms with Gasteiger partial charge in [-0.25, -0.2) is 0 Å². The molecule has 1 atom stereocenters. The van der Waals surface area contributed by atoms with Gasteiger partial charge in [-0.2, -0.15) is 0 Å². The Morgan fingerprint density at radius 3 is 2.44 bits per heavy atom. The average Bonchev–Trinajstić information content (AvgIpc) is 2.86. The van der Waals surface area contributed by atoms with E-state index in [0.717, 1.165) is 0 Å². The molecule has 126 valence electrons. The molecule has 1 heterocycles. The van der Waals surface area contributed by atoms with Crippen molar-refractivity contribution in [2.45, 2.75) is 6.04 Å². The van der Waals surface area contributed by atoms with E-state index in [-0.39, 0.29) is 17.0 Å². The molecule has 2 aromatic rings. The molecule has 0 radical (unpaired) electrons. The van der Waals surface area contributed by atoms with Crippen LogP contribution in [0, 0.1) is 10.1 Å². The van der Waals surface area contributed by atoms with Gasteiger partial charge in [0.15, 0.2) is 0 Å². The van der Waals surface area contributed by atoms with E-state index in [4.69, 9.17) is 0 Å². The molecule has 0 saturated carbocycles. The quantitative estimate of drug-likeness (QED) is 0.305. The molecule has 7 heteroatoms. The molecular formula is C18H14N2O5. The van der Waals surface area contributed by atoms with Crippen LogP contribution in [0.5, 0.6) is 0 Å². The SMILES string of the molecule is CN1C(=O)C(=O)/C(=C(/O)c2ccccc2)[C@H]1c1cccc([N+](=O)[O-])c1. The van der Waals surface area contributed by atoms with Crippen LogP contribution in [0.2, 0.25) is 0 Å². The van der Waals surface area contributed by atoms with E-state index in [9.17, 15) is 24.8 Å². The third kappa shape index (κ3) is 2.76. The first kappa shape index (κ1) is 16.4. The number of Topliss-reactive ketones (excluding diaryl/α,β-unsaturated/α-hetero) is 1. The van der Waals surface area contributed by atoms with Crippen LogP contribution < -0.4 is 0 Å². The number of nitro benzene ring substituents is 1. The summed E-state index contributed by atoms with van der Waals surface area (Å²) in [6, 6.07) is 13.2. The Kier molecular flexibility index (Phi) is 4.06. The average molecular weight is 338 g/mol.